The minimum atomic E-state index is -0.713. The lowest BCUT2D eigenvalue weighted by atomic mass is 9.85. The highest BCUT2D eigenvalue weighted by molar-refractivity contribution is 5.66. The monoisotopic (exact) mass is 324 g/mol. The maximum Gasteiger partial charge on any atom is 0.135 e. The molecule has 2 rings (SSSR count). The number of benzene rings is 1. The molecule has 1 aliphatic rings. The van der Waals surface area contributed by atoms with Crippen LogP contribution < -0.4 is 11.5 Å². The van der Waals surface area contributed by atoms with Crippen LogP contribution in [0.15, 0.2) is 35.5 Å². The Morgan fingerprint density at radius 2 is 2.04 bits per heavy atom. The molecule has 0 aromatic heterocycles. The number of nitrogens with two attached hydrogens (primary N) is 2. The molecule has 2 unspecified atom stereocenters. The Labute approximate surface area is 134 Å². The molecule has 0 radical (unpaired) electrons. The zero-order chi connectivity index (χ0) is 17.0. The van der Waals surface area contributed by atoms with E-state index in [-0.39, 0.29) is 36.5 Å². The Bertz CT molecular complexity index is 609. The molecule has 0 fully saturated rings. The number of ether oxygens (including phenoxy) is 1. The smallest absolute Gasteiger partial charge is 0.135 e. The summed E-state index contributed by atoms with van der Waals surface area (Å²) in [5.41, 5.74) is 13.0. The molecule has 0 heterocycles. The fraction of sp³-hybridized carbons (Fsp3) is 0.412. The van der Waals surface area contributed by atoms with E-state index in [1.807, 2.05) is 6.92 Å². The first-order valence-corrected chi connectivity index (χ1v) is 7.56. The second-order valence-corrected chi connectivity index (χ2v) is 5.80. The number of halogens is 2. The highest BCUT2D eigenvalue weighted by Gasteiger charge is 2.25. The summed E-state index contributed by atoms with van der Waals surface area (Å²) in [6, 6.07) is 3.61. The fourth-order valence-electron chi connectivity index (χ4n) is 2.80. The van der Waals surface area contributed by atoms with E-state index in [0.29, 0.717) is 17.7 Å². The van der Waals surface area contributed by atoms with Crippen molar-refractivity contribution in [2.75, 3.05) is 13.2 Å². The summed E-state index contributed by atoms with van der Waals surface area (Å²) in [5, 5.41) is 8.87. The van der Waals surface area contributed by atoms with Gasteiger partial charge in [-0.3, -0.25) is 0 Å². The van der Waals surface area contributed by atoms with Crippen molar-refractivity contribution in [2.24, 2.45) is 17.4 Å². The Hall–Kier alpha value is -1.92. The summed E-state index contributed by atoms with van der Waals surface area (Å²) >= 11 is 0. The van der Waals surface area contributed by atoms with Gasteiger partial charge in [-0.15, -0.1) is 0 Å². The predicted molar refractivity (Wildman–Crippen MR) is 85.0 cm³/mol. The number of rotatable bonds is 5. The first-order valence-electron chi connectivity index (χ1n) is 7.56. The minimum Gasteiger partial charge on any atom is -0.400 e. The van der Waals surface area contributed by atoms with Gasteiger partial charge in [0.2, 0.25) is 0 Å². The van der Waals surface area contributed by atoms with E-state index >= 15 is 0 Å². The molecule has 0 amide bonds. The SMILES string of the molecule is CC1CC(/C=C(\N)c2c(F)cccc2F)=C(N)C(OCCO)C1. The van der Waals surface area contributed by atoms with E-state index in [1.165, 1.54) is 12.1 Å². The lowest BCUT2D eigenvalue weighted by Gasteiger charge is -2.29. The van der Waals surface area contributed by atoms with Gasteiger partial charge in [0.05, 0.1) is 24.9 Å². The molecule has 1 aromatic carbocycles. The maximum atomic E-state index is 13.8. The lowest BCUT2D eigenvalue weighted by molar-refractivity contribution is 0.0313. The molecule has 1 aromatic rings. The van der Waals surface area contributed by atoms with Crippen LogP contribution in [0.2, 0.25) is 0 Å². The van der Waals surface area contributed by atoms with Gasteiger partial charge < -0.3 is 21.3 Å². The molecule has 1 aliphatic carbocycles. The van der Waals surface area contributed by atoms with Gasteiger partial charge in [0.15, 0.2) is 0 Å². The largest absolute Gasteiger partial charge is 0.400 e. The van der Waals surface area contributed by atoms with Crippen molar-refractivity contribution >= 4 is 5.70 Å². The van der Waals surface area contributed by atoms with Crippen LogP contribution >= 0.6 is 0 Å². The Kier molecular flexibility index (Phi) is 5.74. The van der Waals surface area contributed by atoms with E-state index in [9.17, 15) is 8.78 Å². The first kappa shape index (κ1) is 17.4. The van der Waals surface area contributed by atoms with Crippen molar-refractivity contribution in [3.63, 3.8) is 0 Å². The summed E-state index contributed by atoms with van der Waals surface area (Å²) in [5.74, 6) is -1.14. The molecule has 0 bridgehead atoms. The van der Waals surface area contributed by atoms with Crippen LogP contribution in [0.3, 0.4) is 0 Å². The number of hydrogen-bond acceptors (Lipinski definition) is 4. The molecule has 0 saturated heterocycles. The van der Waals surface area contributed by atoms with Crippen LogP contribution in [-0.2, 0) is 4.74 Å². The zero-order valence-corrected chi connectivity index (χ0v) is 13.1. The molecule has 5 N–H and O–H groups in total. The van der Waals surface area contributed by atoms with Crippen molar-refractivity contribution in [1.82, 2.24) is 0 Å². The van der Waals surface area contributed by atoms with Crippen LogP contribution in [0, 0.1) is 17.6 Å². The fourth-order valence-corrected chi connectivity index (χ4v) is 2.80. The minimum absolute atomic E-state index is 0.00596. The van der Waals surface area contributed by atoms with Gasteiger partial charge >= 0.3 is 0 Å². The van der Waals surface area contributed by atoms with Crippen LogP contribution in [-0.4, -0.2) is 24.4 Å². The van der Waals surface area contributed by atoms with Gasteiger partial charge in [0.25, 0.3) is 0 Å². The number of aliphatic hydroxyl groups is 1. The van der Waals surface area contributed by atoms with E-state index in [2.05, 4.69) is 0 Å². The molecular formula is C17H22F2N2O2. The third-order valence-corrected chi connectivity index (χ3v) is 3.89. The molecule has 0 saturated carbocycles. The van der Waals surface area contributed by atoms with Gasteiger partial charge in [-0.1, -0.05) is 13.0 Å². The summed E-state index contributed by atoms with van der Waals surface area (Å²) in [4.78, 5) is 0. The van der Waals surface area contributed by atoms with Crippen molar-refractivity contribution in [3.8, 4) is 0 Å². The molecule has 6 heteroatoms. The van der Waals surface area contributed by atoms with E-state index < -0.39 is 11.6 Å². The first-order chi connectivity index (χ1) is 10.9. The third-order valence-electron chi connectivity index (χ3n) is 3.89. The molecule has 2 atom stereocenters. The molecule has 4 nitrogen and oxygen atoms in total. The van der Waals surface area contributed by atoms with Gasteiger partial charge in [0.1, 0.15) is 11.6 Å². The summed E-state index contributed by atoms with van der Waals surface area (Å²) in [6.45, 7) is 2.13. The average molecular weight is 324 g/mol. The summed E-state index contributed by atoms with van der Waals surface area (Å²) in [7, 11) is 0. The Balaban J connectivity index is 2.35. The van der Waals surface area contributed by atoms with Crippen molar-refractivity contribution in [1.29, 1.82) is 0 Å². The maximum absolute atomic E-state index is 13.8. The van der Waals surface area contributed by atoms with Crippen molar-refractivity contribution < 1.29 is 18.6 Å². The Morgan fingerprint density at radius 3 is 2.65 bits per heavy atom. The van der Waals surface area contributed by atoms with Crippen molar-refractivity contribution in [2.45, 2.75) is 25.9 Å². The summed E-state index contributed by atoms with van der Waals surface area (Å²) in [6.07, 6.45) is 2.58. The van der Waals surface area contributed by atoms with Gasteiger partial charge in [-0.2, -0.15) is 0 Å². The summed E-state index contributed by atoms with van der Waals surface area (Å²) < 4.78 is 33.2. The second-order valence-electron chi connectivity index (χ2n) is 5.80. The molecular weight excluding hydrogens is 302 g/mol. The highest BCUT2D eigenvalue weighted by atomic mass is 19.1. The van der Waals surface area contributed by atoms with Gasteiger partial charge in [-0.25, -0.2) is 8.78 Å². The van der Waals surface area contributed by atoms with Gasteiger partial charge in [0, 0.05) is 11.4 Å². The van der Waals surface area contributed by atoms with Crippen molar-refractivity contribution in [3.05, 3.63) is 52.7 Å². The number of hydrogen-bond donors (Lipinski definition) is 3. The topological polar surface area (TPSA) is 81.5 Å². The second kappa shape index (κ2) is 7.57. The van der Waals surface area contributed by atoms with E-state index in [1.54, 1.807) is 0 Å². The number of allylic oxidation sites excluding steroid dienone is 2. The predicted octanol–water partition coefficient (Wildman–Crippen LogP) is 2.28. The highest BCUT2D eigenvalue weighted by Crippen LogP contribution is 2.31. The number of aliphatic hydroxyl groups excluding tert-OH is 1. The average Bonchev–Trinajstić information content (AvgIpc) is 2.49. The molecule has 0 aliphatic heterocycles. The van der Waals surface area contributed by atoms with E-state index in [4.69, 9.17) is 21.3 Å². The lowest BCUT2D eigenvalue weighted by Crippen LogP contribution is -2.30. The normalized spacial score (nSPS) is 22.5. The van der Waals surface area contributed by atoms with Crippen LogP contribution in [0.1, 0.15) is 25.3 Å². The van der Waals surface area contributed by atoms with Crippen LogP contribution in [0.25, 0.3) is 5.70 Å². The zero-order valence-electron chi connectivity index (χ0n) is 13.1. The Morgan fingerprint density at radius 1 is 1.39 bits per heavy atom. The van der Waals surface area contributed by atoms with Crippen LogP contribution in [0.5, 0.6) is 0 Å². The quantitative estimate of drug-likeness (QED) is 0.776. The molecule has 23 heavy (non-hydrogen) atoms. The standard InChI is InChI=1S/C17H22F2N2O2/c1-10-7-11(17(21)15(8-10)23-6-5-22)9-14(20)16-12(18)3-2-4-13(16)19/h2-4,9-10,15,22H,5-8,20-21H2,1H3/b14-9-. The molecule has 0 spiro atoms. The molecule has 126 valence electrons. The van der Waals surface area contributed by atoms with Gasteiger partial charge in [-0.05, 0) is 42.5 Å². The van der Waals surface area contributed by atoms with Crippen LogP contribution in [0.4, 0.5) is 8.78 Å². The van der Waals surface area contributed by atoms with E-state index in [0.717, 1.165) is 18.6 Å². The third kappa shape index (κ3) is 4.09.